The Hall–Kier alpha value is -0.420. The zero-order chi connectivity index (χ0) is 9.19. The van der Waals surface area contributed by atoms with Gasteiger partial charge in [-0.15, -0.1) is 15.2 Å². The zero-order valence-corrected chi connectivity index (χ0v) is 8.16. The van der Waals surface area contributed by atoms with Crippen LogP contribution in [-0.2, 0) is 10.2 Å². The van der Waals surface area contributed by atoms with Gasteiger partial charge in [0.2, 0.25) is 0 Å². The first-order chi connectivity index (χ1) is 5.55. The van der Waals surface area contributed by atoms with Crippen molar-refractivity contribution in [2.45, 2.75) is 18.6 Å². The van der Waals surface area contributed by atoms with Gasteiger partial charge in [0.25, 0.3) is 0 Å². The first-order valence-electron chi connectivity index (χ1n) is 3.52. The summed E-state index contributed by atoms with van der Waals surface area (Å²) in [4.78, 5) is 0.569. The van der Waals surface area contributed by atoms with Crippen molar-refractivity contribution in [1.29, 1.82) is 0 Å². The van der Waals surface area contributed by atoms with E-state index in [-0.39, 0.29) is 6.42 Å². The van der Waals surface area contributed by atoms with Gasteiger partial charge in [-0.05, 0) is 17.9 Å². The molecule has 0 spiro atoms. The minimum Gasteiger partial charge on any atom is -0.194 e. The Morgan fingerprint density at radius 2 is 2.33 bits per heavy atom. The molecule has 2 nitrogen and oxygen atoms in total. The normalized spacial score (nSPS) is 14.5. The molecule has 1 aromatic rings. The second-order valence-electron chi connectivity index (χ2n) is 2.39. The maximum atomic E-state index is 12.6. The fourth-order valence-corrected chi connectivity index (χ4v) is 3.07. The molecule has 12 heavy (non-hydrogen) atoms. The molecule has 0 radical (unpaired) electrons. The average molecular weight is 208 g/mol. The molecule has 1 rings (SSSR count). The lowest BCUT2D eigenvalue weighted by atomic mass is 10.3. The Morgan fingerprint density at radius 3 is 2.67 bits per heavy atom. The maximum absolute atomic E-state index is 12.6. The molecule has 0 saturated carbocycles. The van der Waals surface area contributed by atoms with Crippen LogP contribution in [0.3, 0.4) is 0 Å². The molecule has 0 aromatic carbocycles. The van der Waals surface area contributed by atoms with E-state index in [0.29, 0.717) is 4.88 Å². The van der Waals surface area contributed by atoms with Crippen molar-refractivity contribution < 1.29 is 12.3 Å². The van der Waals surface area contributed by atoms with Gasteiger partial charge in [-0.1, -0.05) is 13.0 Å². The van der Waals surface area contributed by atoms with Gasteiger partial charge in [0.05, 0.1) is 0 Å². The minimum absolute atomic E-state index is 0.277. The Morgan fingerprint density at radius 1 is 1.67 bits per heavy atom. The lowest BCUT2D eigenvalue weighted by Crippen LogP contribution is -2.04. The molecule has 0 N–H and O–H groups in total. The molecule has 1 heterocycles. The SMILES string of the molecule is CCC(c1cccs1)S(=O)(=O)F. The lowest BCUT2D eigenvalue weighted by molar-refractivity contribution is 0.534. The highest BCUT2D eigenvalue weighted by molar-refractivity contribution is 7.86. The van der Waals surface area contributed by atoms with Crippen molar-refractivity contribution in [2.24, 2.45) is 0 Å². The summed E-state index contributed by atoms with van der Waals surface area (Å²) in [7, 11) is -4.43. The summed E-state index contributed by atoms with van der Waals surface area (Å²) in [6.07, 6.45) is 0.277. The Balaban J connectivity index is 3.00. The molecular formula is C7H9FO2S2. The van der Waals surface area contributed by atoms with Crippen LogP contribution in [0, 0.1) is 0 Å². The summed E-state index contributed by atoms with van der Waals surface area (Å²) in [6, 6.07) is 3.35. The van der Waals surface area contributed by atoms with Gasteiger partial charge in [0.1, 0.15) is 5.25 Å². The third-order valence-electron chi connectivity index (χ3n) is 1.57. The van der Waals surface area contributed by atoms with Crippen molar-refractivity contribution in [2.75, 3.05) is 0 Å². The van der Waals surface area contributed by atoms with Gasteiger partial charge in [0.15, 0.2) is 0 Å². The van der Waals surface area contributed by atoms with E-state index in [9.17, 15) is 12.3 Å². The third kappa shape index (κ3) is 2.04. The van der Waals surface area contributed by atoms with Crippen LogP contribution in [0.25, 0.3) is 0 Å². The van der Waals surface area contributed by atoms with Crippen LogP contribution in [0.1, 0.15) is 23.5 Å². The number of rotatable bonds is 3. The molecule has 0 aliphatic rings. The highest BCUT2D eigenvalue weighted by atomic mass is 32.3. The van der Waals surface area contributed by atoms with Crippen LogP contribution < -0.4 is 0 Å². The van der Waals surface area contributed by atoms with E-state index in [1.165, 1.54) is 11.3 Å². The second kappa shape index (κ2) is 3.53. The van der Waals surface area contributed by atoms with Crippen LogP contribution in [0.4, 0.5) is 3.89 Å². The number of hydrogen-bond acceptors (Lipinski definition) is 3. The molecule has 0 aliphatic heterocycles. The highest BCUT2D eigenvalue weighted by Gasteiger charge is 2.25. The van der Waals surface area contributed by atoms with Crippen molar-refractivity contribution in [3.63, 3.8) is 0 Å². The summed E-state index contributed by atoms with van der Waals surface area (Å²) in [5.41, 5.74) is 0. The van der Waals surface area contributed by atoms with E-state index < -0.39 is 15.5 Å². The van der Waals surface area contributed by atoms with Crippen LogP contribution in [0.5, 0.6) is 0 Å². The second-order valence-corrected chi connectivity index (χ2v) is 4.89. The molecule has 0 saturated heterocycles. The minimum atomic E-state index is -4.43. The quantitative estimate of drug-likeness (QED) is 0.715. The molecular weight excluding hydrogens is 199 g/mol. The van der Waals surface area contributed by atoms with Gasteiger partial charge >= 0.3 is 10.2 Å². The number of hydrogen-bond donors (Lipinski definition) is 0. The summed E-state index contributed by atoms with van der Waals surface area (Å²) < 4.78 is 33.8. The Bertz CT molecular complexity index is 328. The highest BCUT2D eigenvalue weighted by Crippen LogP contribution is 2.30. The summed E-state index contributed by atoms with van der Waals surface area (Å²) in [5, 5.41) is 0.765. The first-order valence-corrected chi connectivity index (χ1v) is 5.85. The predicted octanol–water partition coefficient (Wildman–Crippen LogP) is 2.50. The lowest BCUT2D eigenvalue weighted by Gasteiger charge is -2.05. The van der Waals surface area contributed by atoms with Crippen molar-refractivity contribution in [3.05, 3.63) is 22.4 Å². The number of thiophene rings is 1. The van der Waals surface area contributed by atoms with Crippen LogP contribution in [0.2, 0.25) is 0 Å². The molecule has 68 valence electrons. The van der Waals surface area contributed by atoms with Crippen molar-refractivity contribution in [3.8, 4) is 0 Å². The molecule has 0 bridgehead atoms. The van der Waals surface area contributed by atoms with Crippen molar-refractivity contribution >= 4 is 21.6 Å². The van der Waals surface area contributed by atoms with Crippen LogP contribution in [0.15, 0.2) is 17.5 Å². The predicted molar refractivity (Wildman–Crippen MR) is 47.4 cm³/mol. The molecule has 1 aromatic heterocycles. The van der Waals surface area contributed by atoms with E-state index >= 15 is 0 Å². The van der Waals surface area contributed by atoms with Gasteiger partial charge in [-0.25, -0.2) is 0 Å². The Kier molecular flexibility index (Phi) is 2.85. The fourth-order valence-electron chi connectivity index (χ4n) is 1.01. The van der Waals surface area contributed by atoms with Gasteiger partial charge in [0, 0.05) is 4.88 Å². The molecule has 5 heteroatoms. The first kappa shape index (κ1) is 9.67. The monoisotopic (exact) mass is 208 g/mol. The maximum Gasteiger partial charge on any atom is 0.310 e. The zero-order valence-electron chi connectivity index (χ0n) is 6.53. The molecule has 1 atom stereocenters. The third-order valence-corrected chi connectivity index (χ3v) is 3.97. The van der Waals surface area contributed by atoms with Gasteiger partial charge in [-0.2, -0.15) is 8.42 Å². The van der Waals surface area contributed by atoms with Gasteiger partial charge < -0.3 is 0 Å². The summed E-state index contributed by atoms with van der Waals surface area (Å²) in [5.74, 6) is 0. The fraction of sp³-hybridized carbons (Fsp3) is 0.429. The van der Waals surface area contributed by atoms with E-state index in [1.807, 2.05) is 0 Å². The van der Waals surface area contributed by atoms with Gasteiger partial charge in [-0.3, -0.25) is 0 Å². The topological polar surface area (TPSA) is 34.1 Å². The summed E-state index contributed by atoms with van der Waals surface area (Å²) >= 11 is 1.26. The molecule has 0 amide bonds. The largest absolute Gasteiger partial charge is 0.310 e. The van der Waals surface area contributed by atoms with Crippen LogP contribution >= 0.6 is 11.3 Å². The number of halogens is 1. The molecule has 0 aliphatic carbocycles. The standard InChI is InChI=1S/C7H9FO2S2/c1-2-7(12(8,9)10)6-4-3-5-11-6/h3-5,7H,2H2,1H3. The van der Waals surface area contributed by atoms with E-state index in [1.54, 1.807) is 24.4 Å². The average Bonchev–Trinajstić information content (AvgIpc) is 2.38. The van der Waals surface area contributed by atoms with Crippen LogP contribution in [-0.4, -0.2) is 8.42 Å². The van der Waals surface area contributed by atoms with E-state index in [0.717, 1.165) is 0 Å². The Labute approximate surface area is 75.3 Å². The van der Waals surface area contributed by atoms with E-state index in [4.69, 9.17) is 0 Å². The smallest absolute Gasteiger partial charge is 0.194 e. The molecule has 0 fully saturated rings. The summed E-state index contributed by atoms with van der Waals surface area (Å²) in [6.45, 7) is 1.65. The van der Waals surface area contributed by atoms with Crippen molar-refractivity contribution in [1.82, 2.24) is 0 Å². The molecule has 1 unspecified atom stereocenters. The van der Waals surface area contributed by atoms with E-state index in [2.05, 4.69) is 0 Å².